The smallest absolute Gasteiger partial charge is 0.0991 e. The molecule has 0 saturated carbocycles. The van der Waals surface area contributed by atoms with Crippen LogP contribution in [-0.4, -0.2) is 39.6 Å². The van der Waals surface area contributed by atoms with Gasteiger partial charge in [-0.1, -0.05) is 12.5 Å². The van der Waals surface area contributed by atoms with Crippen molar-refractivity contribution in [3.05, 3.63) is 43.0 Å². The van der Waals surface area contributed by atoms with Gasteiger partial charge >= 0.3 is 0 Å². The number of rotatable bonds is 3. The van der Waals surface area contributed by atoms with E-state index in [-0.39, 0.29) is 0 Å². The summed E-state index contributed by atoms with van der Waals surface area (Å²) in [6.45, 7) is 2.54. The van der Waals surface area contributed by atoms with Crippen LogP contribution in [0.2, 0.25) is 0 Å². The Kier molecular flexibility index (Phi) is 3.39. The van der Waals surface area contributed by atoms with Gasteiger partial charge in [0.15, 0.2) is 0 Å². The lowest BCUT2D eigenvalue weighted by Gasteiger charge is -2.33. The Labute approximate surface area is 125 Å². The predicted molar refractivity (Wildman–Crippen MR) is 84.8 cm³/mol. The van der Waals surface area contributed by atoms with Crippen LogP contribution in [-0.2, 0) is 0 Å². The molecule has 2 aliphatic heterocycles. The number of nitrogens with one attached hydrogen (secondary N) is 1. The molecule has 2 atom stereocenters. The van der Waals surface area contributed by atoms with E-state index in [9.17, 15) is 0 Å². The fourth-order valence-corrected chi connectivity index (χ4v) is 3.80. The number of hydrogen-bond acceptors (Lipinski definition) is 3. The van der Waals surface area contributed by atoms with Crippen LogP contribution in [0.4, 0.5) is 5.69 Å². The molecule has 1 aromatic heterocycles. The average molecular weight is 282 g/mol. The van der Waals surface area contributed by atoms with Crippen LogP contribution in [0.3, 0.4) is 0 Å². The van der Waals surface area contributed by atoms with Gasteiger partial charge in [-0.2, -0.15) is 0 Å². The number of imidazole rings is 1. The molecule has 1 aromatic carbocycles. The number of piperidine rings is 1. The van der Waals surface area contributed by atoms with Gasteiger partial charge in [-0.15, -0.1) is 0 Å². The van der Waals surface area contributed by atoms with Gasteiger partial charge in [0, 0.05) is 42.4 Å². The molecule has 4 rings (SSSR count). The molecule has 2 unspecified atom stereocenters. The zero-order valence-electron chi connectivity index (χ0n) is 12.3. The Hall–Kier alpha value is -1.81. The van der Waals surface area contributed by atoms with Crippen LogP contribution in [0.1, 0.15) is 25.7 Å². The first-order chi connectivity index (χ1) is 10.4. The maximum Gasteiger partial charge on any atom is 0.0991 e. The molecule has 4 nitrogen and oxygen atoms in total. The molecule has 0 aliphatic carbocycles. The van der Waals surface area contributed by atoms with Crippen molar-refractivity contribution < 1.29 is 0 Å². The SMILES string of the molecule is c1cc(NC2CCN3CCCCC23)cc(-n2ccnc2)c1. The van der Waals surface area contributed by atoms with E-state index in [1.165, 1.54) is 44.5 Å². The minimum Gasteiger partial charge on any atom is -0.381 e. The Balaban J connectivity index is 1.51. The van der Waals surface area contributed by atoms with Crippen molar-refractivity contribution in [2.24, 2.45) is 0 Å². The van der Waals surface area contributed by atoms with Crippen molar-refractivity contribution in [1.29, 1.82) is 0 Å². The number of benzene rings is 1. The largest absolute Gasteiger partial charge is 0.381 e. The van der Waals surface area contributed by atoms with Crippen molar-refractivity contribution in [3.63, 3.8) is 0 Å². The van der Waals surface area contributed by atoms with Crippen molar-refractivity contribution in [3.8, 4) is 5.69 Å². The Bertz CT molecular complexity index is 593. The van der Waals surface area contributed by atoms with Gasteiger partial charge in [0.25, 0.3) is 0 Å². The summed E-state index contributed by atoms with van der Waals surface area (Å²) in [5.74, 6) is 0. The number of nitrogens with zero attached hydrogens (tertiary/aromatic N) is 3. The Morgan fingerprint density at radius 2 is 2.14 bits per heavy atom. The molecule has 1 N–H and O–H groups in total. The fourth-order valence-electron chi connectivity index (χ4n) is 3.80. The third-order valence-electron chi connectivity index (χ3n) is 4.86. The maximum atomic E-state index is 4.12. The maximum absolute atomic E-state index is 4.12. The molecule has 2 saturated heterocycles. The highest BCUT2D eigenvalue weighted by Gasteiger charge is 2.35. The summed E-state index contributed by atoms with van der Waals surface area (Å²) in [7, 11) is 0. The van der Waals surface area contributed by atoms with Crippen LogP contribution in [0.15, 0.2) is 43.0 Å². The second-order valence-electron chi connectivity index (χ2n) is 6.16. The second kappa shape index (κ2) is 5.53. The number of aromatic nitrogens is 2. The third-order valence-corrected chi connectivity index (χ3v) is 4.86. The molecule has 3 heterocycles. The first-order valence-corrected chi connectivity index (χ1v) is 7.99. The van der Waals surface area contributed by atoms with Crippen molar-refractivity contribution in [2.75, 3.05) is 18.4 Å². The Morgan fingerprint density at radius 3 is 3.05 bits per heavy atom. The molecular weight excluding hydrogens is 260 g/mol. The molecule has 110 valence electrons. The van der Waals surface area contributed by atoms with Gasteiger partial charge in [0.05, 0.1) is 6.33 Å². The van der Waals surface area contributed by atoms with E-state index >= 15 is 0 Å². The van der Waals surface area contributed by atoms with E-state index in [2.05, 4.69) is 39.5 Å². The second-order valence-corrected chi connectivity index (χ2v) is 6.16. The highest BCUT2D eigenvalue weighted by molar-refractivity contribution is 5.52. The van der Waals surface area contributed by atoms with Crippen LogP contribution < -0.4 is 5.32 Å². The molecule has 2 aromatic rings. The van der Waals surface area contributed by atoms with Gasteiger partial charge in [-0.05, 0) is 44.0 Å². The highest BCUT2D eigenvalue weighted by atomic mass is 15.2. The summed E-state index contributed by atoms with van der Waals surface area (Å²) in [4.78, 5) is 6.79. The lowest BCUT2D eigenvalue weighted by Crippen LogP contribution is -2.41. The highest BCUT2D eigenvalue weighted by Crippen LogP contribution is 2.29. The van der Waals surface area contributed by atoms with Crippen LogP contribution in [0.25, 0.3) is 5.69 Å². The van der Waals surface area contributed by atoms with Gasteiger partial charge < -0.3 is 9.88 Å². The van der Waals surface area contributed by atoms with E-state index in [0.717, 1.165) is 11.7 Å². The fraction of sp³-hybridized carbons (Fsp3) is 0.471. The average Bonchev–Trinajstić information content (AvgIpc) is 3.18. The predicted octanol–water partition coefficient (Wildman–Crippen LogP) is 2.91. The first-order valence-electron chi connectivity index (χ1n) is 7.99. The molecule has 2 aliphatic rings. The third kappa shape index (κ3) is 2.56. The molecular formula is C17H22N4. The van der Waals surface area contributed by atoms with E-state index in [4.69, 9.17) is 0 Å². The zero-order valence-corrected chi connectivity index (χ0v) is 12.3. The van der Waals surface area contributed by atoms with Crippen molar-refractivity contribution in [2.45, 2.75) is 37.8 Å². The monoisotopic (exact) mass is 282 g/mol. The summed E-state index contributed by atoms with van der Waals surface area (Å²) in [6.07, 6.45) is 11.0. The van der Waals surface area contributed by atoms with Crippen LogP contribution >= 0.6 is 0 Å². The molecule has 0 radical (unpaired) electrons. The first kappa shape index (κ1) is 12.9. The van der Waals surface area contributed by atoms with Crippen molar-refractivity contribution in [1.82, 2.24) is 14.5 Å². The lowest BCUT2D eigenvalue weighted by atomic mass is 9.99. The van der Waals surface area contributed by atoms with Gasteiger partial charge in [0.2, 0.25) is 0 Å². The molecule has 2 fully saturated rings. The van der Waals surface area contributed by atoms with Crippen molar-refractivity contribution >= 4 is 5.69 Å². The van der Waals surface area contributed by atoms with Crippen LogP contribution in [0, 0.1) is 0 Å². The van der Waals surface area contributed by atoms with E-state index in [1.54, 1.807) is 0 Å². The standard InChI is InChI=1S/C17H22N4/c1-2-9-20-10-7-16(17(20)6-1)19-14-4-3-5-15(12-14)21-11-8-18-13-21/h3-5,8,11-13,16-17,19H,1-2,6-7,9-10H2. The normalized spacial score (nSPS) is 25.7. The minimum atomic E-state index is 0.600. The molecule has 0 spiro atoms. The van der Waals surface area contributed by atoms with Gasteiger partial charge in [0.1, 0.15) is 0 Å². The van der Waals surface area contributed by atoms with Gasteiger partial charge in [-0.25, -0.2) is 4.98 Å². The topological polar surface area (TPSA) is 33.1 Å². The van der Waals surface area contributed by atoms with E-state index in [0.29, 0.717) is 6.04 Å². The lowest BCUT2D eigenvalue weighted by molar-refractivity contribution is 0.193. The number of fused-ring (bicyclic) bond motifs is 1. The van der Waals surface area contributed by atoms with E-state index < -0.39 is 0 Å². The van der Waals surface area contributed by atoms with Crippen LogP contribution in [0.5, 0.6) is 0 Å². The number of hydrogen-bond donors (Lipinski definition) is 1. The quantitative estimate of drug-likeness (QED) is 0.939. The molecule has 0 bridgehead atoms. The minimum absolute atomic E-state index is 0.600. The zero-order chi connectivity index (χ0) is 14.1. The summed E-state index contributed by atoms with van der Waals surface area (Å²) in [6, 6.07) is 9.96. The summed E-state index contributed by atoms with van der Waals surface area (Å²) >= 11 is 0. The molecule has 0 amide bonds. The summed E-state index contributed by atoms with van der Waals surface area (Å²) in [5.41, 5.74) is 2.38. The molecule has 21 heavy (non-hydrogen) atoms. The molecule has 4 heteroatoms. The summed E-state index contributed by atoms with van der Waals surface area (Å²) in [5, 5.41) is 3.77. The number of anilines is 1. The summed E-state index contributed by atoms with van der Waals surface area (Å²) < 4.78 is 2.05. The Morgan fingerprint density at radius 1 is 1.14 bits per heavy atom. The van der Waals surface area contributed by atoms with E-state index in [1.807, 2.05) is 23.3 Å². The van der Waals surface area contributed by atoms with Gasteiger partial charge in [-0.3, -0.25) is 4.90 Å².